The number of aromatic nitrogens is 2. The number of nitrogen functional groups attached to an aromatic ring is 1. The molecule has 0 bridgehead atoms. The summed E-state index contributed by atoms with van der Waals surface area (Å²) in [4.78, 5) is 10.8. The third-order valence-electron chi connectivity index (χ3n) is 3.63. The molecule has 0 spiro atoms. The lowest BCUT2D eigenvalue weighted by Gasteiger charge is -2.17. The standard InChI is InChI=1S/C15H18ClN5/c16-11-3-1-10(2-4-11)7-13-8-14(20-15(18)19-13)21-6-5-12(17)9-21/h1-4,8,12H,5-7,9,17H2,(H2,18,19,20)/t12-/m1/s1. The van der Waals surface area contributed by atoms with E-state index in [4.69, 9.17) is 23.1 Å². The minimum absolute atomic E-state index is 0.209. The number of halogens is 1. The Kier molecular flexibility index (Phi) is 3.94. The normalized spacial score (nSPS) is 18.2. The van der Waals surface area contributed by atoms with Crippen LogP contribution in [0.3, 0.4) is 0 Å². The van der Waals surface area contributed by atoms with Crippen LogP contribution in [0.1, 0.15) is 17.7 Å². The summed E-state index contributed by atoms with van der Waals surface area (Å²) < 4.78 is 0. The van der Waals surface area contributed by atoms with Gasteiger partial charge in [0.1, 0.15) is 5.82 Å². The van der Waals surface area contributed by atoms with Crippen LogP contribution in [0.15, 0.2) is 30.3 Å². The molecule has 1 aromatic heterocycles. The Bertz CT molecular complexity index is 628. The Hall–Kier alpha value is -1.85. The van der Waals surface area contributed by atoms with E-state index in [-0.39, 0.29) is 6.04 Å². The molecule has 1 fully saturated rings. The van der Waals surface area contributed by atoms with Crippen molar-refractivity contribution in [1.29, 1.82) is 0 Å². The molecule has 0 radical (unpaired) electrons. The summed E-state index contributed by atoms with van der Waals surface area (Å²) in [7, 11) is 0. The number of nitrogens with zero attached hydrogens (tertiary/aromatic N) is 3. The molecule has 1 aromatic carbocycles. The predicted molar refractivity (Wildman–Crippen MR) is 85.5 cm³/mol. The molecule has 0 amide bonds. The van der Waals surface area contributed by atoms with E-state index in [0.29, 0.717) is 12.4 Å². The Morgan fingerprint density at radius 3 is 2.67 bits per heavy atom. The van der Waals surface area contributed by atoms with Gasteiger partial charge in [-0.1, -0.05) is 23.7 Å². The average Bonchev–Trinajstić information content (AvgIpc) is 2.88. The maximum Gasteiger partial charge on any atom is 0.222 e. The van der Waals surface area contributed by atoms with Crippen molar-refractivity contribution in [2.45, 2.75) is 18.9 Å². The minimum atomic E-state index is 0.209. The zero-order chi connectivity index (χ0) is 14.8. The van der Waals surface area contributed by atoms with Crippen LogP contribution < -0.4 is 16.4 Å². The molecule has 1 aliphatic rings. The van der Waals surface area contributed by atoms with Gasteiger partial charge in [0.15, 0.2) is 0 Å². The van der Waals surface area contributed by atoms with Crippen LogP contribution in [0.4, 0.5) is 11.8 Å². The van der Waals surface area contributed by atoms with Gasteiger partial charge in [-0.05, 0) is 24.1 Å². The largest absolute Gasteiger partial charge is 0.368 e. The zero-order valence-corrected chi connectivity index (χ0v) is 12.4. The summed E-state index contributed by atoms with van der Waals surface area (Å²) in [6, 6.07) is 9.94. The summed E-state index contributed by atoms with van der Waals surface area (Å²) >= 11 is 5.90. The van der Waals surface area contributed by atoms with Gasteiger partial charge in [0.25, 0.3) is 0 Å². The number of anilines is 2. The Labute approximate surface area is 128 Å². The van der Waals surface area contributed by atoms with E-state index >= 15 is 0 Å². The molecule has 3 rings (SSSR count). The van der Waals surface area contributed by atoms with Crippen LogP contribution >= 0.6 is 11.6 Å². The van der Waals surface area contributed by atoms with Crippen LogP contribution in [0, 0.1) is 0 Å². The van der Waals surface area contributed by atoms with E-state index in [0.717, 1.165) is 41.6 Å². The van der Waals surface area contributed by atoms with E-state index in [2.05, 4.69) is 14.9 Å². The molecule has 1 saturated heterocycles. The van der Waals surface area contributed by atoms with Crippen molar-refractivity contribution >= 4 is 23.4 Å². The van der Waals surface area contributed by atoms with E-state index in [1.807, 2.05) is 30.3 Å². The smallest absolute Gasteiger partial charge is 0.222 e. The maximum absolute atomic E-state index is 5.95. The van der Waals surface area contributed by atoms with Gasteiger partial charge < -0.3 is 16.4 Å². The topological polar surface area (TPSA) is 81.1 Å². The monoisotopic (exact) mass is 303 g/mol. The highest BCUT2D eigenvalue weighted by Crippen LogP contribution is 2.21. The average molecular weight is 304 g/mol. The number of rotatable bonds is 3. The number of nitrogens with two attached hydrogens (primary N) is 2. The van der Waals surface area contributed by atoms with E-state index in [1.54, 1.807) is 0 Å². The molecule has 5 nitrogen and oxygen atoms in total. The Morgan fingerprint density at radius 1 is 1.24 bits per heavy atom. The van der Waals surface area contributed by atoms with Crippen LogP contribution in [0.5, 0.6) is 0 Å². The van der Waals surface area contributed by atoms with Crippen LogP contribution in [-0.4, -0.2) is 29.1 Å². The second-order valence-electron chi connectivity index (χ2n) is 5.37. The number of hydrogen-bond donors (Lipinski definition) is 2. The Balaban J connectivity index is 1.82. The van der Waals surface area contributed by atoms with Gasteiger partial charge in [-0.3, -0.25) is 0 Å². The van der Waals surface area contributed by atoms with Crippen LogP contribution in [0.25, 0.3) is 0 Å². The summed E-state index contributed by atoms with van der Waals surface area (Å²) in [5, 5.41) is 0.729. The van der Waals surface area contributed by atoms with E-state index < -0.39 is 0 Å². The maximum atomic E-state index is 5.95. The van der Waals surface area contributed by atoms with Gasteiger partial charge >= 0.3 is 0 Å². The van der Waals surface area contributed by atoms with Crippen LogP contribution in [-0.2, 0) is 6.42 Å². The molecule has 0 saturated carbocycles. The van der Waals surface area contributed by atoms with Gasteiger partial charge in [-0.25, -0.2) is 4.98 Å². The summed E-state index contributed by atoms with van der Waals surface area (Å²) in [6.45, 7) is 1.73. The molecular weight excluding hydrogens is 286 g/mol. The van der Waals surface area contributed by atoms with Crippen molar-refractivity contribution in [1.82, 2.24) is 9.97 Å². The van der Waals surface area contributed by atoms with Gasteiger partial charge in [-0.2, -0.15) is 4.98 Å². The second-order valence-corrected chi connectivity index (χ2v) is 5.81. The SMILES string of the molecule is Nc1nc(Cc2ccc(Cl)cc2)cc(N2CC[C@@H](N)C2)n1. The second kappa shape index (κ2) is 5.87. The molecule has 2 heterocycles. The molecule has 1 aliphatic heterocycles. The minimum Gasteiger partial charge on any atom is -0.368 e. The molecule has 6 heteroatoms. The fourth-order valence-electron chi connectivity index (χ4n) is 2.56. The van der Waals surface area contributed by atoms with Gasteiger partial charge in [0.05, 0.1) is 5.69 Å². The van der Waals surface area contributed by atoms with Crippen molar-refractivity contribution in [3.05, 3.63) is 46.6 Å². The highest BCUT2D eigenvalue weighted by atomic mass is 35.5. The fourth-order valence-corrected chi connectivity index (χ4v) is 2.69. The molecule has 0 aliphatic carbocycles. The summed E-state index contributed by atoms with van der Waals surface area (Å²) in [6.07, 6.45) is 1.69. The van der Waals surface area contributed by atoms with Crippen molar-refractivity contribution in [2.24, 2.45) is 5.73 Å². The first-order valence-electron chi connectivity index (χ1n) is 6.98. The summed E-state index contributed by atoms with van der Waals surface area (Å²) in [5.74, 6) is 1.16. The lowest BCUT2D eigenvalue weighted by atomic mass is 10.1. The van der Waals surface area contributed by atoms with Gasteiger partial charge in [0, 0.05) is 36.6 Å². The van der Waals surface area contributed by atoms with E-state index in [1.165, 1.54) is 0 Å². The number of hydrogen-bond acceptors (Lipinski definition) is 5. The quantitative estimate of drug-likeness (QED) is 0.904. The molecule has 1 atom stereocenters. The number of benzene rings is 1. The zero-order valence-electron chi connectivity index (χ0n) is 11.7. The lowest BCUT2D eigenvalue weighted by molar-refractivity contribution is 0.751. The van der Waals surface area contributed by atoms with Crippen LogP contribution in [0.2, 0.25) is 5.02 Å². The lowest BCUT2D eigenvalue weighted by Crippen LogP contribution is -2.27. The van der Waals surface area contributed by atoms with Crippen molar-refractivity contribution in [3.63, 3.8) is 0 Å². The predicted octanol–water partition coefficient (Wildman–Crippen LogP) is 1.84. The summed E-state index contributed by atoms with van der Waals surface area (Å²) in [5.41, 5.74) is 13.8. The molecule has 110 valence electrons. The fraction of sp³-hybridized carbons (Fsp3) is 0.333. The highest BCUT2D eigenvalue weighted by molar-refractivity contribution is 6.30. The molecule has 21 heavy (non-hydrogen) atoms. The van der Waals surface area contributed by atoms with Crippen molar-refractivity contribution < 1.29 is 0 Å². The Morgan fingerprint density at radius 2 is 2.00 bits per heavy atom. The van der Waals surface area contributed by atoms with E-state index in [9.17, 15) is 0 Å². The third-order valence-corrected chi connectivity index (χ3v) is 3.88. The third kappa shape index (κ3) is 3.43. The van der Waals surface area contributed by atoms with Gasteiger partial charge in [-0.15, -0.1) is 0 Å². The molecular formula is C15H18ClN5. The van der Waals surface area contributed by atoms with Crippen molar-refractivity contribution in [2.75, 3.05) is 23.7 Å². The highest BCUT2D eigenvalue weighted by Gasteiger charge is 2.21. The first-order chi connectivity index (χ1) is 10.1. The first kappa shape index (κ1) is 14.1. The van der Waals surface area contributed by atoms with Crippen molar-refractivity contribution in [3.8, 4) is 0 Å². The molecule has 2 aromatic rings. The molecule has 0 unspecified atom stereocenters. The first-order valence-corrected chi connectivity index (χ1v) is 7.36. The van der Waals surface area contributed by atoms with Gasteiger partial charge in [0.2, 0.25) is 5.95 Å². The molecule has 4 N–H and O–H groups in total.